The quantitative estimate of drug-likeness (QED) is 0.841. The summed E-state index contributed by atoms with van der Waals surface area (Å²) in [5, 5.41) is 12.5. The van der Waals surface area contributed by atoms with Crippen molar-refractivity contribution < 1.29 is 14.7 Å². The highest BCUT2D eigenvalue weighted by atomic mass is 16.4. The topological polar surface area (TPSA) is 69.6 Å². The van der Waals surface area contributed by atoms with Gasteiger partial charge < -0.3 is 15.3 Å². The summed E-state index contributed by atoms with van der Waals surface area (Å²) in [5.41, 5.74) is 0. The predicted octanol–water partition coefficient (Wildman–Crippen LogP) is 2.85. The summed E-state index contributed by atoms with van der Waals surface area (Å²) in [4.78, 5) is 25.5. The lowest BCUT2D eigenvalue weighted by atomic mass is 9.93. The maximum Gasteiger partial charge on any atom is 0.326 e. The van der Waals surface area contributed by atoms with Gasteiger partial charge >= 0.3 is 12.0 Å². The number of carboxylic acids is 1. The summed E-state index contributed by atoms with van der Waals surface area (Å²) >= 11 is 0. The minimum atomic E-state index is -0.877. The van der Waals surface area contributed by atoms with Gasteiger partial charge in [-0.3, -0.25) is 0 Å². The molecule has 0 bridgehead atoms. The van der Waals surface area contributed by atoms with Crippen LogP contribution < -0.4 is 5.32 Å². The number of nitrogens with one attached hydrogen (secondary N) is 1. The van der Waals surface area contributed by atoms with Crippen LogP contribution in [0.15, 0.2) is 0 Å². The molecule has 0 aromatic heterocycles. The highest BCUT2D eigenvalue weighted by Crippen LogP contribution is 2.34. The summed E-state index contributed by atoms with van der Waals surface area (Å²) in [5.74, 6) is 0.280. The molecule has 1 aliphatic heterocycles. The van der Waals surface area contributed by atoms with Gasteiger partial charge in [-0.05, 0) is 37.5 Å². The zero-order chi connectivity index (χ0) is 15.4. The van der Waals surface area contributed by atoms with E-state index >= 15 is 0 Å². The Labute approximate surface area is 127 Å². The van der Waals surface area contributed by atoms with Crippen molar-refractivity contribution in [1.82, 2.24) is 10.2 Å². The molecule has 1 aliphatic carbocycles. The molecule has 5 nitrogen and oxygen atoms in total. The van der Waals surface area contributed by atoms with E-state index in [1.165, 1.54) is 0 Å². The van der Waals surface area contributed by atoms with Crippen LogP contribution in [0.3, 0.4) is 0 Å². The minimum Gasteiger partial charge on any atom is -0.480 e. The zero-order valence-corrected chi connectivity index (χ0v) is 13.2. The van der Waals surface area contributed by atoms with Gasteiger partial charge in [-0.25, -0.2) is 9.59 Å². The maximum absolute atomic E-state index is 12.5. The number of carbonyl (C=O) groups is 2. The third kappa shape index (κ3) is 3.69. The van der Waals surface area contributed by atoms with Crippen molar-refractivity contribution in [3.05, 3.63) is 0 Å². The highest BCUT2D eigenvalue weighted by molar-refractivity contribution is 5.82. The van der Waals surface area contributed by atoms with Gasteiger partial charge in [0.25, 0.3) is 0 Å². The van der Waals surface area contributed by atoms with Gasteiger partial charge in [-0.1, -0.05) is 33.1 Å². The summed E-state index contributed by atoms with van der Waals surface area (Å²) in [6.07, 6.45) is 6.68. The highest BCUT2D eigenvalue weighted by Gasteiger charge is 2.36. The Morgan fingerprint density at radius 3 is 2.57 bits per heavy atom. The van der Waals surface area contributed by atoms with Crippen LogP contribution in [-0.2, 0) is 4.79 Å². The molecule has 2 aliphatic rings. The van der Waals surface area contributed by atoms with Crippen LogP contribution in [0, 0.1) is 11.8 Å². The first-order valence-electron chi connectivity index (χ1n) is 8.34. The van der Waals surface area contributed by atoms with Gasteiger partial charge in [0.05, 0.1) is 0 Å². The van der Waals surface area contributed by atoms with Gasteiger partial charge in [0.15, 0.2) is 0 Å². The average Bonchev–Trinajstić information content (AvgIpc) is 2.68. The normalized spacial score (nSPS) is 33.5. The van der Waals surface area contributed by atoms with Gasteiger partial charge in [0, 0.05) is 12.6 Å². The molecule has 1 saturated carbocycles. The van der Waals surface area contributed by atoms with Crippen LogP contribution in [0.25, 0.3) is 0 Å². The first-order chi connectivity index (χ1) is 10.0. The van der Waals surface area contributed by atoms with Gasteiger partial charge in [0.2, 0.25) is 0 Å². The van der Waals surface area contributed by atoms with Crippen molar-refractivity contribution in [2.75, 3.05) is 6.54 Å². The van der Waals surface area contributed by atoms with Crippen molar-refractivity contribution in [3.63, 3.8) is 0 Å². The number of amides is 2. The molecular formula is C16H28N2O3. The lowest BCUT2D eigenvalue weighted by molar-refractivity contribution is -0.142. The molecule has 2 fully saturated rings. The molecule has 4 unspecified atom stereocenters. The molecule has 21 heavy (non-hydrogen) atoms. The van der Waals surface area contributed by atoms with E-state index < -0.39 is 12.0 Å². The van der Waals surface area contributed by atoms with E-state index in [-0.39, 0.29) is 12.1 Å². The molecule has 1 saturated heterocycles. The Kier molecular flexibility index (Phi) is 5.48. The van der Waals surface area contributed by atoms with Crippen LogP contribution in [0.5, 0.6) is 0 Å². The molecule has 120 valence electrons. The lowest BCUT2D eigenvalue weighted by Crippen LogP contribution is -2.52. The van der Waals surface area contributed by atoms with E-state index in [9.17, 15) is 14.7 Å². The predicted molar refractivity (Wildman–Crippen MR) is 81.1 cm³/mol. The second kappa shape index (κ2) is 7.14. The van der Waals surface area contributed by atoms with Crippen LogP contribution in [0.4, 0.5) is 4.79 Å². The van der Waals surface area contributed by atoms with Gasteiger partial charge in [-0.15, -0.1) is 0 Å². The third-order valence-corrected chi connectivity index (χ3v) is 5.36. The summed E-state index contributed by atoms with van der Waals surface area (Å²) in [7, 11) is 0. The largest absolute Gasteiger partial charge is 0.480 e. The summed E-state index contributed by atoms with van der Waals surface area (Å²) in [6, 6.07) is -0.649. The molecular weight excluding hydrogens is 268 g/mol. The molecule has 2 N–H and O–H groups in total. The number of hydrogen-bond donors (Lipinski definition) is 2. The second-order valence-corrected chi connectivity index (χ2v) is 6.56. The fourth-order valence-electron chi connectivity index (χ4n) is 3.88. The lowest BCUT2D eigenvalue weighted by Gasteiger charge is -2.30. The van der Waals surface area contributed by atoms with E-state index in [4.69, 9.17) is 0 Å². The number of urea groups is 1. The SMILES string of the molecule is CCC1CCC(NC(=O)N2CCCCCC2C(=O)O)C1C. The van der Waals surface area contributed by atoms with Crippen LogP contribution >= 0.6 is 0 Å². The third-order valence-electron chi connectivity index (χ3n) is 5.36. The Morgan fingerprint density at radius 2 is 1.95 bits per heavy atom. The molecule has 2 rings (SSSR count). The standard InChI is InChI=1S/C16H28N2O3/c1-3-12-8-9-13(11(12)2)17-16(21)18-10-6-4-5-7-14(18)15(19)20/h11-14H,3-10H2,1-2H3,(H,17,21)(H,19,20). The first-order valence-corrected chi connectivity index (χ1v) is 8.34. The van der Waals surface area contributed by atoms with Crippen molar-refractivity contribution >= 4 is 12.0 Å². The summed E-state index contributed by atoms with van der Waals surface area (Å²) < 4.78 is 0. The molecule has 0 radical (unpaired) electrons. The Hall–Kier alpha value is -1.26. The minimum absolute atomic E-state index is 0.182. The molecule has 0 aromatic carbocycles. The number of aliphatic carboxylic acids is 1. The number of carbonyl (C=O) groups excluding carboxylic acids is 1. The number of nitrogens with zero attached hydrogens (tertiary/aromatic N) is 1. The number of hydrogen-bond acceptors (Lipinski definition) is 2. The Balaban J connectivity index is 1.99. The van der Waals surface area contributed by atoms with Crippen LogP contribution in [-0.4, -0.2) is 40.6 Å². The monoisotopic (exact) mass is 296 g/mol. The van der Waals surface area contributed by atoms with Crippen molar-refractivity contribution in [1.29, 1.82) is 0 Å². The molecule has 0 spiro atoms. The number of likely N-dealkylation sites (tertiary alicyclic amines) is 1. The fraction of sp³-hybridized carbons (Fsp3) is 0.875. The molecule has 5 heteroatoms. The second-order valence-electron chi connectivity index (χ2n) is 6.56. The van der Waals surface area contributed by atoms with Crippen molar-refractivity contribution in [3.8, 4) is 0 Å². The van der Waals surface area contributed by atoms with Crippen molar-refractivity contribution in [2.45, 2.75) is 70.9 Å². The smallest absolute Gasteiger partial charge is 0.326 e. The van der Waals surface area contributed by atoms with Gasteiger partial charge in [-0.2, -0.15) is 0 Å². The fourth-order valence-corrected chi connectivity index (χ4v) is 3.88. The Bertz CT molecular complexity index is 386. The van der Waals surface area contributed by atoms with E-state index in [2.05, 4.69) is 19.2 Å². The number of carboxylic acid groups (broad SMARTS) is 1. The molecule has 4 atom stereocenters. The molecule has 1 heterocycles. The van der Waals surface area contributed by atoms with Crippen LogP contribution in [0.2, 0.25) is 0 Å². The summed E-state index contributed by atoms with van der Waals surface area (Å²) in [6.45, 7) is 4.95. The van der Waals surface area contributed by atoms with E-state index in [1.807, 2.05) is 0 Å². The van der Waals surface area contributed by atoms with E-state index in [1.54, 1.807) is 4.90 Å². The van der Waals surface area contributed by atoms with Gasteiger partial charge in [0.1, 0.15) is 6.04 Å². The van der Waals surface area contributed by atoms with Crippen LogP contribution in [0.1, 0.15) is 58.8 Å². The molecule has 0 aromatic rings. The molecule has 2 amide bonds. The number of rotatable bonds is 3. The van der Waals surface area contributed by atoms with E-state index in [0.29, 0.717) is 24.8 Å². The average molecular weight is 296 g/mol. The zero-order valence-electron chi connectivity index (χ0n) is 13.2. The van der Waals surface area contributed by atoms with Crippen molar-refractivity contribution in [2.24, 2.45) is 11.8 Å². The first kappa shape index (κ1) is 16.1. The Morgan fingerprint density at radius 1 is 1.19 bits per heavy atom. The maximum atomic E-state index is 12.5. The van der Waals surface area contributed by atoms with E-state index in [0.717, 1.165) is 38.5 Å².